The van der Waals surface area contributed by atoms with E-state index in [9.17, 15) is 0 Å². The number of hydrogen-bond donors (Lipinski definition) is 0. The van der Waals surface area contributed by atoms with Crippen molar-refractivity contribution in [1.82, 2.24) is 0 Å². The number of hydrogen-bond acceptors (Lipinski definition) is 5. The summed E-state index contributed by atoms with van der Waals surface area (Å²) in [6.07, 6.45) is -0.279. The van der Waals surface area contributed by atoms with E-state index in [1.807, 2.05) is 31.2 Å². The zero-order chi connectivity index (χ0) is 15.2. The summed E-state index contributed by atoms with van der Waals surface area (Å²) in [6.45, 7) is 6.93. The van der Waals surface area contributed by atoms with Gasteiger partial charge in [0.1, 0.15) is 12.4 Å². The Bertz CT molecular complexity index is 470. The Kier molecular flexibility index (Phi) is 5.59. The Morgan fingerprint density at radius 3 is 2.52 bits per heavy atom. The van der Waals surface area contributed by atoms with Crippen molar-refractivity contribution in [3.05, 3.63) is 29.8 Å². The lowest BCUT2D eigenvalue weighted by Gasteiger charge is -2.12. The van der Waals surface area contributed by atoms with Gasteiger partial charge in [-0.2, -0.15) is 0 Å². The number of aliphatic imine (C=N–C) groups is 1. The van der Waals surface area contributed by atoms with Gasteiger partial charge in [-0.3, -0.25) is 0 Å². The first-order chi connectivity index (χ1) is 10.1. The Balaban J connectivity index is 1.89. The molecule has 0 N–H and O–H groups in total. The second kappa shape index (κ2) is 7.43. The smallest absolute Gasteiger partial charge is 0.216 e. The van der Waals surface area contributed by atoms with Gasteiger partial charge in [0.05, 0.1) is 6.04 Å². The van der Waals surface area contributed by atoms with Gasteiger partial charge in [-0.1, -0.05) is 13.8 Å². The van der Waals surface area contributed by atoms with Crippen molar-refractivity contribution in [3.8, 4) is 5.75 Å². The second-order valence-electron chi connectivity index (χ2n) is 5.31. The van der Waals surface area contributed by atoms with Crippen molar-refractivity contribution in [3.63, 3.8) is 0 Å². The van der Waals surface area contributed by atoms with Gasteiger partial charge in [0.25, 0.3) is 0 Å². The molecule has 1 heterocycles. The summed E-state index contributed by atoms with van der Waals surface area (Å²) in [5.74, 6) is 1.94. The number of benzene rings is 1. The van der Waals surface area contributed by atoms with Gasteiger partial charge in [0.2, 0.25) is 5.90 Å². The van der Waals surface area contributed by atoms with Crippen molar-refractivity contribution < 1.29 is 18.9 Å². The molecule has 1 unspecified atom stereocenters. The highest BCUT2D eigenvalue weighted by Gasteiger charge is 2.22. The first-order valence-corrected chi connectivity index (χ1v) is 7.18. The molecule has 1 aromatic rings. The van der Waals surface area contributed by atoms with E-state index in [-0.39, 0.29) is 19.1 Å². The molecule has 1 aliphatic heterocycles. The van der Waals surface area contributed by atoms with Gasteiger partial charge in [-0.05, 0) is 37.1 Å². The summed E-state index contributed by atoms with van der Waals surface area (Å²) < 4.78 is 21.4. The van der Waals surface area contributed by atoms with E-state index >= 15 is 0 Å². The molecule has 2 rings (SSSR count). The lowest BCUT2D eigenvalue weighted by atomic mass is 10.1. The van der Waals surface area contributed by atoms with Crippen molar-refractivity contribution in [2.75, 3.05) is 20.5 Å². The van der Waals surface area contributed by atoms with E-state index in [4.69, 9.17) is 18.9 Å². The summed E-state index contributed by atoms with van der Waals surface area (Å²) in [4.78, 5) is 4.60. The molecule has 0 saturated heterocycles. The molecule has 0 radical (unpaired) electrons. The molecule has 116 valence electrons. The van der Waals surface area contributed by atoms with Crippen LogP contribution in [-0.2, 0) is 14.2 Å². The van der Waals surface area contributed by atoms with Crippen LogP contribution in [0.4, 0.5) is 0 Å². The first kappa shape index (κ1) is 15.8. The molecular formula is C16H23NO4. The van der Waals surface area contributed by atoms with Crippen LogP contribution < -0.4 is 4.74 Å². The third-order valence-electron chi connectivity index (χ3n) is 3.40. The topological polar surface area (TPSA) is 49.3 Å². The summed E-state index contributed by atoms with van der Waals surface area (Å²) in [7, 11) is 1.59. The maximum absolute atomic E-state index is 5.65. The third-order valence-corrected chi connectivity index (χ3v) is 3.40. The Hall–Kier alpha value is -1.59. The zero-order valence-corrected chi connectivity index (χ0v) is 13.0. The molecule has 2 atom stereocenters. The molecule has 0 aliphatic carbocycles. The van der Waals surface area contributed by atoms with Crippen LogP contribution in [0, 0.1) is 5.92 Å². The van der Waals surface area contributed by atoms with Gasteiger partial charge < -0.3 is 18.9 Å². The normalized spacial score (nSPS) is 19.3. The van der Waals surface area contributed by atoms with Crippen molar-refractivity contribution >= 4 is 5.90 Å². The third kappa shape index (κ3) is 4.44. The van der Waals surface area contributed by atoms with E-state index in [0.29, 0.717) is 18.4 Å². The second-order valence-corrected chi connectivity index (χ2v) is 5.31. The molecule has 5 heteroatoms. The fourth-order valence-electron chi connectivity index (χ4n) is 1.85. The van der Waals surface area contributed by atoms with Crippen LogP contribution in [0.3, 0.4) is 0 Å². The van der Waals surface area contributed by atoms with Gasteiger partial charge in [0.15, 0.2) is 13.1 Å². The maximum atomic E-state index is 5.65. The van der Waals surface area contributed by atoms with E-state index in [0.717, 1.165) is 11.3 Å². The van der Waals surface area contributed by atoms with Crippen LogP contribution in [0.15, 0.2) is 29.3 Å². The molecule has 0 aromatic heterocycles. The molecule has 5 nitrogen and oxygen atoms in total. The number of methoxy groups -OCH3 is 1. The molecule has 0 bridgehead atoms. The predicted molar refractivity (Wildman–Crippen MR) is 80.6 cm³/mol. The van der Waals surface area contributed by atoms with Crippen LogP contribution in [0.5, 0.6) is 5.75 Å². The highest BCUT2D eigenvalue weighted by atomic mass is 16.7. The first-order valence-electron chi connectivity index (χ1n) is 7.18. The summed E-state index contributed by atoms with van der Waals surface area (Å²) in [5.41, 5.74) is 0.969. The summed E-state index contributed by atoms with van der Waals surface area (Å²) in [5, 5.41) is 0. The van der Waals surface area contributed by atoms with Crippen LogP contribution in [0.25, 0.3) is 0 Å². The average Bonchev–Trinajstić information content (AvgIpc) is 2.98. The van der Waals surface area contributed by atoms with Crippen LogP contribution in [-0.4, -0.2) is 38.7 Å². The highest BCUT2D eigenvalue weighted by Crippen LogP contribution is 2.19. The quantitative estimate of drug-likeness (QED) is 0.725. The van der Waals surface area contributed by atoms with E-state index in [2.05, 4.69) is 18.8 Å². The lowest BCUT2D eigenvalue weighted by Crippen LogP contribution is -2.14. The van der Waals surface area contributed by atoms with E-state index in [1.165, 1.54) is 0 Å². The minimum atomic E-state index is -0.279. The van der Waals surface area contributed by atoms with Crippen LogP contribution in [0.2, 0.25) is 0 Å². The van der Waals surface area contributed by atoms with Crippen LogP contribution >= 0.6 is 0 Å². The summed E-state index contributed by atoms with van der Waals surface area (Å²) in [6, 6.07) is 7.89. The molecule has 0 amide bonds. The largest absolute Gasteiger partial charge is 0.475 e. The van der Waals surface area contributed by atoms with Crippen molar-refractivity contribution in [2.24, 2.45) is 10.9 Å². The minimum absolute atomic E-state index is 0.154. The fourth-order valence-corrected chi connectivity index (χ4v) is 1.85. The SMILES string of the molecule is COC(C)OCOc1ccc(C2=N[C@@H](C(C)C)CO2)cc1. The molecule has 1 aliphatic rings. The molecule has 1 aromatic carbocycles. The summed E-state index contributed by atoms with van der Waals surface area (Å²) >= 11 is 0. The standard InChI is InChI=1S/C16H23NO4/c1-11(2)15-9-19-16(17-15)13-5-7-14(8-6-13)21-10-20-12(3)18-4/h5-8,11-12,15H,9-10H2,1-4H3/t12?,15-/m1/s1. The highest BCUT2D eigenvalue weighted by molar-refractivity contribution is 5.95. The van der Waals surface area contributed by atoms with Gasteiger partial charge in [0, 0.05) is 12.7 Å². The Morgan fingerprint density at radius 1 is 1.24 bits per heavy atom. The Labute approximate surface area is 125 Å². The van der Waals surface area contributed by atoms with Gasteiger partial charge in [-0.15, -0.1) is 0 Å². The van der Waals surface area contributed by atoms with Crippen LogP contribution in [0.1, 0.15) is 26.3 Å². The zero-order valence-electron chi connectivity index (χ0n) is 13.0. The fraction of sp³-hybridized carbons (Fsp3) is 0.562. The van der Waals surface area contributed by atoms with Gasteiger partial charge >= 0.3 is 0 Å². The van der Waals surface area contributed by atoms with E-state index in [1.54, 1.807) is 7.11 Å². The minimum Gasteiger partial charge on any atom is -0.475 e. The molecule has 0 saturated carbocycles. The predicted octanol–water partition coefficient (Wildman–Crippen LogP) is 2.83. The monoisotopic (exact) mass is 293 g/mol. The lowest BCUT2D eigenvalue weighted by molar-refractivity contribution is -0.149. The number of rotatable bonds is 7. The number of ether oxygens (including phenoxy) is 4. The number of nitrogens with zero attached hydrogens (tertiary/aromatic N) is 1. The molecule has 21 heavy (non-hydrogen) atoms. The van der Waals surface area contributed by atoms with E-state index < -0.39 is 0 Å². The molecular weight excluding hydrogens is 270 g/mol. The van der Waals surface area contributed by atoms with Gasteiger partial charge in [-0.25, -0.2) is 4.99 Å². The van der Waals surface area contributed by atoms with Crippen molar-refractivity contribution in [2.45, 2.75) is 33.1 Å². The molecule has 0 fully saturated rings. The average molecular weight is 293 g/mol. The van der Waals surface area contributed by atoms with Crippen molar-refractivity contribution in [1.29, 1.82) is 0 Å². The Morgan fingerprint density at radius 2 is 1.95 bits per heavy atom. The molecule has 0 spiro atoms. The maximum Gasteiger partial charge on any atom is 0.216 e.